The van der Waals surface area contributed by atoms with Crippen molar-refractivity contribution in [3.63, 3.8) is 0 Å². The average molecular weight is 208 g/mol. The summed E-state index contributed by atoms with van der Waals surface area (Å²) in [6, 6.07) is 1.88. The van der Waals surface area contributed by atoms with Crippen molar-refractivity contribution < 1.29 is 9.53 Å². The van der Waals surface area contributed by atoms with Crippen LogP contribution < -0.4 is 0 Å². The molecular weight excluding hydrogens is 192 g/mol. The number of aryl methyl sites for hydroxylation is 1. The molecule has 0 unspecified atom stereocenters. The monoisotopic (exact) mass is 208 g/mol. The van der Waals surface area contributed by atoms with Gasteiger partial charge in [0.1, 0.15) is 5.69 Å². The Morgan fingerprint density at radius 3 is 2.93 bits per heavy atom. The van der Waals surface area contributed by atoms with E-state index >= 15 is 0 Å². The van der Waals surface area contributed by atoms with E-state index in [2.05, 4.69) is 5.10 Å². The van der Waals surface area contributed by atoms with E-state index in [0.29, 0.717) is 11.6 Å². The molecule has 2 rings (SSSR count). The third kappa shape index (κ3) is 2.45. The minimum absolute atomic E-state index is 0.650. The van der Waals surface area contributed by atoms with Gasteiger partial charge in [0.25, 0.3) is 0 Å². The molecule has 1 aromatic rings. The maximum atomic E-state index is 10.7. The quantitative estimate of drug-likeness (QED) is 0.701. The molecule has 1 fully saturated rings. The Labute approximate surface area is 89.2 Å². The zero-order chi connectivity index (χ0) is 10.7. The van der Waals surface area contributed by atoms with E-state index in [1.54, 1.807) is 11.7 Å². The van der Waals surface area contributed by atoms with Crippen molar-refractivity contribution in [2.24, 2.45) is 13.0 Å². The zero-order valence-electron chi connectivity index (χ0n) is 8.98. The predicted octanol–water partition coefficient (Wildman–Crippen LogP) is 1.20. The van der Waals surface area contributed by atoms with Gasteiger partial charge in [-0.2, -0.15) is 5.10 Å². The highest BCUT2D eigenvalue weighted by molar-refractivity contribution is 5.72. The molecule has 1 aromatic heterocycles. The van der Waals surface area contributed by atoms with Crippen molar-refractivity contribution in [1.29, 1.82) is 0 Å². The Kier molecular flexibility index (Phi) is 3.16. The highest BCUT2D eigenvalue weighted by atomic mass is 16.5. The Morgan fingerprint density at radius 1 is 1.60 bits per heavy atom. The minimum atomic E-state index is 0.650. The molecule has 0 N–H and O–H groups in total. The maximum Gasteiger partial charge on any atom is 0.168 e. The molecular formula is C11H16N2O2. The number of carbonyl (C=O) groups excluding carboxylic acids is 1. The summed E-state index contributed by atoms with van der Waals surface area (Å²) in [4.78, 5) is 10.7. The molecule has 0 radical (unpaired) electrons. The second kappa shape index (κ2) is 4.57. The maximum absolute atomic E-state index is 10.7. The van der Waals surface area contributed by atoms with Gasteiger partial charge in [0.2, 0.25) is 0 Å². The molecule has 1 saturated heterocycles. The average Bonchev–Trinajstić information content (AvgIpc) is 2.60. The summed E-state index contributed by atoms with van der Waals surface area (Å²) in [5.74, 6) is 0.660. The first kappa shape index (κ1) is 10.4. The van der Waals surface area contributed by atoms with Crippen LogP contribution in [-0.4, -0.2) is 29.3 Å². The van der Waals surface area contributed by atoms with Crippen LogP contribution in [0.4, 0.5) is 0 Å². The lowest BCUT2D eigenvalue weighted by Crippen LogP contribution is -2.17. The SMILES string of the molecule is Cn1nc(CC2CCOCC2)cc1C=O. The van der Waals surface area contributed by atoms with Gasteiger partial charge in [-0.05, 0) is 31.2 Å². The molecule has 0 saturated carbocycles. The number of hydrogen-bond acceptors (Lipinski definition) is 3. The molecule has 0 aromatic carbocycles. The van der Waals surface area contributed by atoms with Gasteiger partial charge in [0.05, 0.1) is 5.69 Å². The standard InChI is InChI=1S/C11H16N2O2/c1-13-11(8-14)7-10(12-13)6-9-2-4-15-5-3-9/h7-9H,2-6H2,1H3. The van der Waals surface area contributed by atoms with Crippen molar-refractivity contribution in [2.45, 2.75) is 19.3 Å². The Morgan fingerprint density at radius 2 is 2.33 bits per heavy atom. The van der Waals surface area contributed by atoms with Crippen molar-refractivity contribution in [2.75, 3.05) is 13.2 Å². The van der Waals surface area contributed by atoms with E-state index in [1.165, 1.54) is 0 Å². The van der Waals surface area contributed by atoms with Crippen LogP contribution >= 0.6 is 0 Å². The largest absolute Gasteiger partial charge is 0.381 e. The second-order valence-corrected chi connectivity index (χ2v) is 4.06. The predicted molar refractivity (Wildman–Crippen MR) is 55.8 cm³/mol. The van der Waals surface area contributed by atoms with E-state index < -0.39 is 0 Å². The fraction of sp³-hybridized carbons (Fsp3) is 0.636. The molecule has 0 bridgehead atoms. The minimum Gasteiger partial charge on any atom is -0.381 e. The van der Waals surface area contributed by atoms with E-state index in [-0.39, 0.29) is 0 Å². The van der Waals surface area contributed by atoms with Crippen LogP contribution in [0, 0.1) is 5.92 Å². The number of nitrogens with zero attached hydrogens (tertiary/aromatic N) is 2. The lowest BCUT2D eigenvalue weighted by atomic mass is 9.95. The van der Waals surface area contributed by atoms with Crippen LogP contribution in [0.15, 0.2) is 6.07 Å². The molecule has 2 heterocycles. The van der Waals surface area contributed by atoms with E-state index in [4.69, 9.17) is 4.74 Å². The van der Waals surface area contributed by atoms with Gasteiger partial charge in [-0.25, -0.2) is 0 Å². The molecule has 1 aliphatic heterocycles. The molecule has 0 spiro atoms. The summed E-state index contributed by atoms with van der Waals surface area (Å²) in [5, 5.41) is 4.32. The van der Waals surface area contributed by atoms with Gasteiger partial charge >= 0.3 is 0 Å². The lowest BCUT2D eigenvalue weighted by Gasteiger charge is -2.20. The molecule has 82 valence electrons. The van der Waals surface area contributed by atoms with Crippen LogP contribution in [0.5, 0.6) is 0 Å². The number of aldehydes is 1. The van der Waals surface area contributed by atoms with Crippen molar-refractivity contribution in [3.8, 4) is 0 Å². The van der Waals surface area contributed by atoms with Gasteiger partial charge in [-0.1, -0.05) is 0 Å². The van der Waals surface area contributed by atoms with Crippen molar-refractivity contribution in [1.82, 2.24) is 9.78 Å². The van der Waals surface area contributed by atoms with Crippen LogP contribution in [0.3, 0.4) is 0 Å². The van der Waals surface area contributed by atoms with E-state index in [1.807, 2.05) is 6.07 Å². The number of carbonyl (C=O) groups is 1. The molecule has 4 heteroatoms. The number of hydrogen-bond donors (Lipinski definition) is 0. The Hall–Kier alpha value is -1.16. The summed E-state index contributed by atoms with van der Waals surface area (Å²) in [5.41, 5.74) is 1.67. The van der Waals surface area contributed by atoms with Crippen molar-refractivity contribution in [3.05, 3.63) is 17.5 Å². The number of aromatic nitrogens is 2. The molecule has 1 aliphatic rings. The van der Waals surface area contributed by atoms with Crippen molar-refractivity contribution >= 4 is 6.29 Å². The molecule has 15 heavy (non-hydrogen) atoms. The van der Waals surface area contributed by atoms with Crippen LogP contribution in [0.2, 0.25) is 0 Å². The summed E-state index contributed by atoms with van der Waals surface area (Å²) in [6.45, 7) is 1.72. The molecule has 0 amide bonds. The fourth-order valence-electron chi connectivity index (χ4n) is 2.00. The highest BCUT2D eigenvalue weighted by Crippen LogP contribution is 2.19. The van der Waals surface area contributed by atoms with Crippen LogP contribution in [-0.2, 0) is 18.2 Å². The zero-order valence-corrected chi connectivity index (χ0v) is 8.98. The Balaban J connectivity index is 2.00. The summed E-state index contributed by atoms with van der Waals surface area (Å²) < 4.78 is 6.95. The van der Waals surface area contributed by atoms with Gasteiger partial charge < -0.3 is 4.74 Å². The number of ether oxygens (including phenoxy) is 1. The third-order valence-electron chi connectivity index (χ3n) is 2.93. The highest BCUT2D eigenvalue weighted by Gasteiger charge is 2.16. The first-order chi connectivity index (χ1) is 7.29. The first-order valence-corrected chi connectivity index (χ1v) is 5.35. The topological polar surface area (TPSA) is 44.1 Å². The van der Waals surface area contributed by atoms with Crippen LogP contribution in [0.1, 0.15) is 29.0 Å². The molecule has 4 nitrogen and oxygen atoms in total. The van der Waals surface area contributed by atoms with E-state index in [0.717, 1.165) is 44.5 Å². The third-order valence-corrected chi connectivity index (χ3v) is 2.93. The summed E-state index contributed by atoms with van der Waals surface area (Å²) >= 11 is 0. The number of rotatable bonds is 3. The van der Waals surface area contributed by atoms with Gasteiger partial charge in [-0.15, -0.1) is 0 Å². The molecule has 0 atom stereocenters. The molecule has 0 aliphatic carbocycles. The first-order valence-electron chi connectivity index (χ1n) is 5.35. The smallest absolute Gasteiger partial charge is 0.168 e. The lowest BCUT2D eigenvalue weighted by molar-refractivity contribution is 0.0662. The van der Waals surface area contributed by atoms with E-state index in [9.17, 15) is 4.79 Å². The summed E-state index contributed by atoms with van der Waals surface area (Å²) in [7, 11) is 1.80. The van der Waals surface area contributed by atoms with Gasteiger partial charge in [0.15, 0.2) is 6.29 Å². The van der Waals surface area contributed by atoms with Crippen LogP contribution in [0.25, 0.3) is 0 Å². The van der Waals surface area contributed by atoms with Gasteiger partial charge in [0, 0.05) is 20.3 Å². The fourth-order valence-corrected chi connectivity index (χ4v) is 2.00. The normalized spacial score (nSPS) is 17.9. The summed E-state index contributed by atoms with van der Waals surface area (Å²) in [6.07, 6.45) is 4.02. The Bertz CT molecular complexity index is 340. The van der Waals surface area contributed by atoms with Gasteiger partial charge in [-0.3, -0.25) is 9.48 Å². The second-order valence-electron chi connectivity index (χ2n) is 4.06.